The maximum Gasteiger partial charge on any atom is 0.433 e. The Kier molecular flexibility index (Phi) is 4.17. The van der Waals surface area contributed by atoms with Gasteiger partial charge in [-0.3, -0.25) is 4.79 Å². The molecule has 0 aliphatic carbocycles. The van der Waals surface area contributed by atoms with E-state index < -0.39 is 23.9 Å². The highest BCUT2D eigenvalue weighted by atomic mass is 19.4. The Hall–Kier alpha value is -2.06. The van der Waals surface area contributed by atoms with Gasteiger partial charge in [-0.25, -0.2) is 4.98 Å². The zero-order valence-electron chi connectivity index (χ0n) is 10.6. The van der Waals surface area contributed by atoms with Gasteiger partial charge in [-0.15, -0.1) is 0 Å². The number of hydrogen-bond acceptors (Lipinski definition) is 5. The summed E-state index contributed by atoms with van der Waals surface area (Å²) in [5.74, 6) is -0.963. The number of nitrogens with zero attached hydrogens (tertiary/aromatic N) is 3. The van der Waals surface area contributed by atoms with Gasteiger partial charge < -0.3 is 16.0 Å². The Morgan fingerprint density at radius 1 is 1.42 bits per heavy atom. The van der Waals surface area contributed by atoms with Crippen LogP contribution in [0.5, 0.6) is 0 Å². The van der Waals surface area contributed by atoms with E-state index in [1.165, 1.54) is 25.9 Å². The van der Waals surface area contributed by atoms with Crippen molar-refractivity contribution in [1.29, 1.82) is 0 Å². The fourth-order valence-corrected chi connectivity index (χ4v) is 1.36. The molecule has 106 valence electrons. The van der Waals surface area contributed by atoms with Crippen molar-refractivity contribution in [3.63, 3.8) is 0 Å². The third-order valence-electron chi connectivity index (χ3n) is 2.21. The van der Waals surface area contributed by atoms with Crippen LogP contribution in [0.4, 0.5) is 24.9 Å². The molecule has 0 saturated carbocycles. The minimum absolute atomic E-state index is 0.150. The quantitative estimate of drug-likeness (QED) is 0.860. The number of anilines is 2. The summed E-state index contributed by atoms with van der Waals surface area (Å²) in [6, 6.07) is -0.0270. The number of halogens is 3. The molecule has 1 aromatic heterocycles. The highest BCUT2D eigenvalue weighted by molar-refractivity contribution is 5.83. The van der Waals surface area contributed by atoms with Crippen molar-refractivity contribution in [2.75, 3.05) is 25.1 Å². The maximum atomic E-state index is 12.5. The van der Waals surface area contributed by atoms with Crippen LogP contribution in [0.2, 0.25) is 0 Å². The summed E-state index contributed by atoms with van der Waals surface area (Å²) in [4.78, 5) is 19.6. The Morgan fingerprint density at radius 2 is 2.00 bits per heavy atom. The van der Waals surface area contributed by atoms with Crippen molar-refractivity contribution < 1.29 is 18.0 Å². The second kappa shape index (κ2) is 5.29. The minimum Gasteiger partial charge on any atom is -0.368 e. The molecular formula is C10H14F3N5O. The van der Waals surface area contributed by atoms with E-state index in [-0.39, 0.29) is 11.7 Å². The molecule has 1 aromatic rings. The molecule has 0 saturated heterocycles. The van der Waals surface area contributed by atoms with Crippen molar-refractivity contribution in [2.24, 2.45) is 0 Å². The first kappa shape index (κ1) is 15.0. The van der Waals surface area contributed by atoms with E-state index in [1.54, 1.807) is 0 Å². The summed E-state index contributed by atoms with van der Waals surface area (Å²) in [5.41, 5.74) is 4.05. The lowest BCUT2D eigenvalue weighted by molar-refractivity contribution is -0.141. The first-order valence-corrected chi connectivity index (χ1v) is 5.30. The van der Waals surface area contributed by atoms with Crippen LogP contribution in [0.1, 0.15) is 12.6 Å². The number of carbonyl (C=O) groups is 1. The van der Waals surface area contributed by atoms with Gasteiger partial charge in [-0.2, -0.15) is 18.2 Å². The minimum atomic E-state index is -4.62. The molecule has 0 radical (unpaired) electrons. The number of carbonyl (C=O) groups excluding carboxylic acids is 1. The van der Waals surface area contributed by atoms with Crippen LogP contribution in [-0.2, 0) is 11.0 Å². The Bertz CT molecular complexity index is 475. The predicted molar refractivity (Wildman–Crippen MR) is 63.2 cm³/mol. The zero-order chi connectivity index (χ0) is 14.8. The normalized spacial score (nSPS) is 12.9. The average molecular weight is 277 g/mol. The van der Waals surface area contributed by atoms with Gasteiger partial charge in [0, 0.05) is 20.2 Å². The molecule has 0 spiro atoms. The fraction of sp³-hybridized carbons (Fsp3) is 0.500. The standard InChI is InChI=1S/C10H14F3N5O/c1-5(8(19)18(2)3)15-7-4-6(10(11,12)13)16-9(14)17-7/h4-5H,1-3H3,(H3,14,15,16,17). The van der Waals surface area contributed by atoms with Gasteiger partial charge in [0.05, 0.1) is 0 Å². The van der Waals surface area contributed by atoms with Crippen LogP contribution in [0, 0.1) is 0 Å². The number of aromatic nitrogens is 2. The second-order valence-electron chi connectivity index (χ2n) is 4.09. The monoisotopic (exact) mass is 277 g/mol. The second-order valence-corrected chi connectivity index (χ2v) is 4.09. The Balaban J connectivity index is 2.96. The summed E-state index contributed by atoms with van der Waals surface area (Å²) < 4.78 is 37.6. The van der Waals surface area contributed by atoms with Crippen LogP contribution in [0.3, 0.4) is 0 Å². The van der Waals surface area contributed by atoms with E-state index in [0.29, 0.717) is 6.07 Å². The van der Waals surface area contributed by atoms with Gasteiger partial charge in [0.25, 0.3) is 0 Å². The van der Waals surface area contributed by atoms with Crippen LogP contribution in [0.25, 0.3) is 0 Å². The highest BCUT2D eigenvalue weighted by Gasteiger charge is 2.33. The molecule has 0 aromatic carbocycles. The summed E-state index contributed by atoms with van der Waals surface area (Å²) in [6.07, 6.45) is -4.62. The number of nitrogens with two attached hydrogens (primary N) is 1. The van der Waals surface area contributed by atoms with Crippen molar-refractivity contribution >= 4 is 17.7 Å². The molecule has 1 atom stereocenters. The molecule has 6 nitrogen and oxygen atoms in total. The van der Waals surface area contributed by atoms with Gasteiger partial charge in [-0.05, 0) is 6.92 Å². The van der Waals surface area contributed by atoms with E-state index in [2.05, 4.69) is 15.3 Å². The summed E-state index contributed by atoms with van der Waals surface area (Å²) in [5, 5.41) is 2.55. The van der Waals surface area contributed by atoms with Crippen LogP contribution >= 0.6 is 0 Å². The average Bonchev–Trinajstić information content (AvgIpc) is 2.25. The molecule has 1 heterocycles. The molecule has 0 aliphatic heterocycles. The lowest BCUT2D eigenvalue weighted by atomic mass is 10.3. The molecule has 1 amide bonds. The third kappa shape index (κ3) is 3.97. The topological polar surface area (TPSA) is 84.1 Å². The van der Waals surface area contributed by atoms with E-state index in [0.717, 1.165) is 0 Å². The van der Waals surface area contributed by atoms with Gasteiger partial charge >= 0.3 is 6.18 Å². The highest BCUT2D eigenvalue weighted by Crippen LogP contribution is 2.29. The number of alkyl halides is 3. The lowest BCUT2D eigenvalue weighted by Gasteiger charge is -2.19. The molecular weight excluding hydrogens is 263 g/mol. The van der Waals surface area contributed by atoms with Crippen molar-refractivity contribution in [3.05, 3.63) is 11.8 Å². The van der Waals surface area contributed by atoms with Crippen molar-refractivity contribution in [1.82, 2.24) is 14.9 Å². The fourth-order valence-electron chi connectivity index (χ4n) is 1.36. The number of amides is 1. The van der Waals surface area contributed by atoms with Gasteiger partial charge in [0.1, 0.15) is 11.9 Å². The maximum absolute atomic E-state index is 12.5. The van der Waals surface area contributed by atoms with E-state index >= 15 is 0 Å². The molecule has 0 bridgehead atoms. The van der Waals surface area contributed by atoms with Crippen LogP contribution in [0.15, 0.2) is 6.07 Å². The summed E-state index contributed by atoms with van der Waals surface area (Å²) >= 11 is 0. The summed E-state index contributed by atoms with van der Waals surface area (Å²) in [6.45, 7) is 1.51. The van der Waals surface area contributed by atoms with Gasteiger partial charge in [0.2, 0.25) is 11.9 Å². The molecule has 3 N–H and O–H groups in total. The Morgan fingerprint density at radius 3 is 2.47 bits per heavy atom. The molecule has 1 rings (SSSR count). The smallest absolute Gasteiger partial charge is 0.368 e. The lowest BCUT2D eigenvalue weighted by Crippen LogP contribution is -2.37. The zero-order valence-corrected chi connectivity index (χ0v) is 10.6. The van der Waals surface area contributed by atoms with Gasteiger partial charge in [-0.1, -0.05) is 0 Å². The van der Waals surface area contributed by atoms with Crippen LogP contribution in [-0.4, -0.2) is 40.9 Å². The summed E-state index contributed by atoms with van der Waals surface area (Å²) in [7, 11) is 3.08. The number of rotatable bonds is 3. The number of likely N-dealkylation sites (N-methyl/N-ethyl adjacent to an activating group) is 1. The van der Waals surface area contributed by atoms with Gasteiger partial charge in [0.15, 0.2) is 5.69 Å². The third-order valence-corrected chi connectivity index (χ3v) is 2.21. The SMILES string of the molecule is CC(Nc1cc(C(F)(F)F)nc(N)n1)C(=O)N(C)C. The van der Waals surface area contributed by atoms with Crippen molar-refractivity contribution in [2.45, 2.75) is 19.1 Å². The number of nitrogens with one attached hydrogen (secondary N) is 1. The van der Waals surface area contributed by atoms with E-state index in [9.17, 15) is 18.0 Å². The number of hydrogen-bond donors (Lipinski definition) is 2. The first-order valence-electron chi connectivity index (χ1n) is 5.30. The predicted octanol–water partition coefficient (Wildman–Crippen LogP) is 0.966. The largest absolute Gasteiger partial charge is 0.433 e. The molecule has 19 heavy (non-hydrogen) atoms. The van der Waals surface area contributed by atoms with E-state index in [4.69, 9.17) is 5.73 Å². The molecule has 9 heteroatoms. The van der Waals surface area contributed by atoms with Crippen LogP contribution < -0.4 is 11.1 Å². The first-order chi connectivity index (χ1) is 8.61. The molecule has 0 aliphatic rings. The Labute approximate surface area is 107 Å². The number of nitrogen functional groups attached to an aromatic ring is 1. The molecule has 0 fully saturated rings. The molecule has 1 unspecified atom stereocenters. The van der Waals surface area contributed by atoms with Crippen molar-refractivity contribution in [3.8, 4) is 0 Å². The van der Waals surface area contributed by atoms with E-state index in [1.807, 2.05) is 0 Å².